The summed E-state index contributed by atoms with van der Waals surface area (Å²) in [5.74, 6) is -2.50. The van der Waals surface area contributed by atoms with Crippen LogP contribution in [0.3, 0.4) is 0 Å². The van der Waals surface area contributed by atoms with Gasteiger partial charge in [0.25, 0.3) is 0 Å². The van der Waals surface area contributed by atoms with Gasteiger partial charge in [0.2, 0.25) is 6.86 Å². The molecule has 0 spiro atoms. The molecule has 0 heterocycles. The summed E-state index contributed by atoms with van der Waals surface area (Å²) in [4.78, 5) is 0. The molecule has 0 amide bonds. The summed E-state index contributed by atoms with van der Waals surface area (Å²) in [7, 11) is 0. The van der Waals surface area contributed by atoms with E-state index >= 15 is 0 Å². The van der Waals surface area contributed by atoms with Crippen molar-refractivity contribution in [1.29, 1.82) is 5.26 Å². The van der Waals surface area contributed by atoms with Crippen LogP contribution in [0.1, 0.15) is 5.56 Å². The molecule has 0 radical (unpaired) electrons. The van der Waals surface area contributed by atoms with Crippen LogP contribution in [-0.4, -0.2) is 6.86 Å². The van der Waals surface area contributed by atoms with E-state index in [0.717, 1.165) is 6.07 Å². The standard InChI is InChI=1S/C8H4F3NO/c9-4-13-8-1-5(3-12)6(10)2-7(8)11/h1-2H,4H2. The Morgan fingerprint density at radius 1 is 1.31 bits per heavy atom. The molecule has 0 fully saturated rings. The monoisotopic (exact) mass is 187 g/mol. The molecule has 0 aliphatic heterocycles. The minimum Gasteiger partial charge on any atom is -0.460 e. The molecule has 2 nitrogen and oxygen atoms in total. The zero-order chi connectivity index (χ0) is 9.84. The van der Waals surface area contributed by atoms with Gasteiger partial charge < -0.3 is 4.74 Å². The maximum Gasteiger partial charge on any atom is 0.228 e. The van der Waals surface area contributed by atoms with Gasteiger partial charge in [0.05, 0.1) is 5.56 Å². The number of benzene rings is 1. The number of alkyl halides is 1. The van der Waals surface area contributed by atoms with Crippen LogP contribution in [0.5, 0.6) is 5.75 Å². The van der Waals surface area contributed by atoms with Crippen LogP contribution in [0.2, 0.25) is 0 Å². The fourth-order valence-electron chi connectivity index (χ4n) is 0.784. The number of hydrogen-bond acceptors (Lipinski definition) is 2. The predicted molar refractivity (Wildman–Crippen MR) is 37.7 cm³/mol. The Labute approximate surface area is 72.2 Å². The van der Waals surface area contributed by atoms with E-state index in [2.05, 4.69) is 4.74 Å². The van der Waals surface area contributed by atoms with Crippen molar-refractivity contribution in [3.8, 4) is 11.8 Å². The summed E-state index contributed by atoms with van der Waals surface area (Å²) in [5, 5.41) is 8.34. The Morgan fingerprint density at radius 3 is 2.54 bits per heavy atom. The Hall–Kier alpha value is -1.70. The first kappa shape index (κ1) is 9.39. The van der Waals surface area contributed by atoms with Crippen LogP contribution in [-0.2, 0) is 0 Å². The fraction of sp³-hybridized carbons (Fsp3) is 0.125. The summed E-state index contributed by atoms with van der Waals surface area (Å²) in [5.41, 5.74) is -0.384. The molecule has 0 aliphatic rings. The molecule has 0 unspecified atom stereocenters. The van der Waals surface area contributed by atoms with E-state index in [1.165, 1.54) is 6.07 Å². The number of nitrogens with zero attached hydrogens (tertiary/aromatic N) is 1. The normalized spacial score (nSPS) is 9.38. The van der Waals surface area contributed by atoms with Gasteiger partial charge in [-0.05, 0) is 0 Å². The highest BCUT2D eigenvalue weighted by Gasteiger charge is 2.10. The van der Waals surface area contributed by atoms with Crippen molar-refractivity contribution in [2.75, 3.05) is 6.86 Å². The molecule has 0 saturated heterocycles. The van der Waals surface area contributed by atoms with Crippen molar-refractivity contribution in [2.24, 2.45) is 0 Å². The quantitative estimate of drug-likeness (QED) is 0.710. The summed E-state index contributed by atoms with van der Waals surface area (Å²) in [6.45, 7) is -1.23. The second kappa shape index (κ2) is 3.81. The third kappa shape index (κ3) is 1.90. The van der Waals surface area contributed by atoms with Gasteiger partial charge in [-0.1, -0.05) is 0 Å². The molecule has 1 aromatic rings. The second-order valence-electron chi connectivity index (χ2n) is 2.13. The molecule has 1 rings (SSSR count). The van der Waals surface area contributed by atoms with Gasteiger partial charge in [-0.2, -0.15) is 5.26 Å². The molecule has 5 heteroatoms. The van der Waals surface area contributed by atoms with E-state index in [1.54, 1.807) is 0 Å². The van der Waals surface area contributed by atoms with Crippen molar-refractivity contribution in [1.82, 2.24) is 0 Å². The van der Waals surface area contributed by atoms with Gasteiger partial charge in [0.15, 0.2) is 11.6 Å². The van der Waals surface area contributed by atoms with Crippen LogP contribution in [0, 0.1) is 23.0 Å². The first-order chi connectivity index (χ1) is 6.19. The summed E-state index contributed by atoms with van der Waals surface area (Å²) in [6, 6.07) is 2.76. The van der Waals surface area contributed by atoms with E-state index in [1.807, 2.05) is 0 Å². The summed E-state index contributed by atoms with van der Waals surface area (Å²) < 4.78 is 41.2. The molecule has 0 aromatic heterocycles. The van der Waals surface area contributed by atoms with Gasteiger partial charge >= 0.3 is 0 Å². The van der Waals surface area contributed by atoms with E-state index in [9.17, 15) is 13.2 Å². The lowest BCUT2D eigenvalue weighted by molar-refractivity contribution is 0.184. The Kier molecular flexibility index (Phi) is 2.75. The van der Waals surface area contributed by atoms with Gasteiger partial charge in [-0.3, -0.25) is 0 Å². The Bertz CT molecular complexity index is 359. The zero-order valence-electron chi connectivity index (χ0n) is 6.35. The molecule has 0 N–H and O–H groups in total. The molecular weight excluding hydrogens is 183 g/mol. The topological polar surface area (TPSA) is 33.0 Å². The third-order valence-electron chi connectivity index (χ3n) is 1.35. The van der Waals surface area contributed by atoms with E-state index < -0.39 is 24.2 Å². The van der Waals surface area contributed by atoms with E-state index in [0.29, 0.717) is 6.07 Å². The SMILES string of the molecule is N#Cc1cc(OCF)c(F)cc1F. The molecule has 0 saturated carbocycles. The van der Waals surface area contributed by atoms with Crippen molar-refractivity contribution in [3.63, 3.8) is 0 Å². The van der Waals surface area contributed by atoms with Gasteiger partial charge in [0.1, 0.15) is 11.9 Å². The highest BCUT2D eigenvalue weighted by atomic mass is 19.1. The molecule has 0 atom stereocenters. The van der Waals surface area contributed by atoms with Crippen LogP contribution >= 0.6 is 0 Å². The maximum absolute atomic E-state index is 12.7. The van der Waals surface area contributed by atoms with Crippen LogP contribution in [0.25, 0.3) is 0 Å². The van der Waals surface area contributed by atoms with E-state index in [4.69, 9.17) is 5.26 Å². The van der Waals surface area contributed by atoms with Gasteiger partial charge in [-0.25, -0.2) is 13.2 Å². The van der Waals surface area contributed by atoms with Crippen molar-refractivity contribution >= 4 is 0 Å². The lowest BCUT2D eigenvalue weighted by Gasteiger charge is -2.02. The Morgan fingerprint density at radius 2 is 2.00 bits per heavy atom. The van der Waals surface area contributed by atoms with E-state index in [-0.39, 0.29) is 5.56 Å². The number of hydrogen-bond donors (Lipinski definition) is 0. The number of ether oxygens (including phenoxy) is 1. The van der Waals surface area contributed by atoms with Gasteiger partial charge in [-0.15, -0.1) is 0 Å². The highest BCUT2D eigenvalue weighted by Crippen LogP contribution is 2.21. The maximum atomic E-state index is 12.7. The lowest BCUT2D eigenvalue weighted by atomic mass is 10.2. The first-order valence-electron chi connectivity index (χ1n) is 3.27. The first-order valence-corrected chi connectivity index (χ1v) is 3.27. The number of nitriles is 1. The fourth-order valence-corrected chi connectivity index (χ4v) is 0.784. The van der Waals surface area contributed by atoms with Crippen molar-refractivity contribution in [2.45, 2.75) is 0 Å². The number of halogens is 3. The third-order valence-corrected chi connectivity index (χ3v) is 1.35. The summed E-state index contributed by atoms with van der Waals surface area (Å²) >= 11 is 0. The average molecular weight is 187 g/mol. The largest absolute Gasteiger partial charge is 0.460 e. The van der Waals surface area contributed by atoms with Crippen LogP contribution in [0.15, 0.2) is 12.1 Å². The molecule has 68 valence electrons. The smallest absolute Gasteiger partial charge is 0.228 e. The average Bonchev–Trinajstić information content (AvgIpc) is 2.10. The second-order valence-corrected chi connectivity index (χ2v) is 2.13. The molecular formula is C8H4F3NO. The highest BCUT2D eigenvalue weighted by molar-refractivity contribution is 5.38. The molecule has 0 bridgehead atoms. The van der Waals surface area contributed by atoms with Crippen molar-refractivity contribution in [3.05, 3.63) is 29.3 Å². The zero-order valence-corrected chi connectivity index (χ0v) is 6.35. The molecule has 13 heavy (non-hydrogen) atoms. The van der Waals surface area contributed by atoms with Crippen molar-refractivity contribution < 1.29 is 17.9 Å². The minimum absolute atomic E-state index is 0.384. The Balaban J connectivity index is 3.16. The molecule has 1 aromatic carbocycles. The van der Waals surface area contributed by atoms with Crippen LogP contribution < -0.4 is 4.74 Å². The molecule has 0 aliphatic carbocycles. The summed E-state index contributed by atoms with van der Waals surface area (Å²) in [6.07, 6.45) is 0. The predicted octanol–water partition coefficient (Wildman–Crippen LogP) is 2.14. The van der Waals surface area contributed by atoms with Gasteiger partial charge in [0, 0.05) is 12.1 Å². The van der Waals surface area contributed by atoms with Crippen LogP contribution in [0.4, 0.5) is 13.2 Å². The lowest BCUT2D eigenvalue weighted by Crippen LogP contribution is -1.96. The minimum atomic E-state index is -1.23. The number of rotatable bonds is 2.